The summed E-state index contributed by atoms with van der Waals surface area (Å²) in [6.07, 6.45) is 5.92. The van der Waals surface area contributed by atoms with E-state index >= 15 is 4.39 Å². The minimum absolute atomic E-state index is 0.0769. The second kappa shape index (κ2) is 8.37. The van der Waals surface area contributed by atoms with Crippen LogP contribution in [0.4, 0.5) is 4.39 Å². The van der Waals surface area contributed by atoms with Gasteiger partial charge in [0.2, 0.25) is 5.78 Å². The van der Waals surface area contributed by atoms with E-state index in [2.05, 4.69) is 0 Å². The van der Waals surface area contributed by atoms with Gasteiger partial charge < -0.3 is 14.9 Å². The summed E-state index contributed by atoms with van der Waals surface area (Å²) in [7, 11) is 0. The lowest BCUT2D eigenvalue weighted by Gasteiger charge is -2.62. The number of fused-ring (bicyclic) bond motifs is 5. The molecular formula is C27H37FO6. The van der Waals surface area contributed by atoms with Crippen LogP contribution in [0.25, 0.3) is 0 Å². The van der Waals surface area contributed by atoms with Gasteiger partial charge in [-0.05, 0) is 57.1 Å². The number of aliphatic hydroxyl groups is 2. The van der Waals surface area contributed by atoms with Gasteiger partial charge in [-0.15, -0.1) is 0 Å². The van der Waals surface area contributed by atoms with Crippen molar-refractivity contribution in [3.8, 4) is 0 Å². The summed E-state index contributed by atoms with van der Waals surface area (Å²) < 4.78 is 23.3. The summed E-state index contributed by atoms with van der Waals surface area (Å²) in [5.74, 6) is -2.62. The van der Waals surface area contributed by atoms with Crippen LogP contribution in [0.15, 0.2) is 23.8 Å². The zero-order valence-corrected chi connectivity index (χ0v) is 20.6. The van der Waals surface area contributed by atoms with Crippen molar-refractivity contribution in [1.82, 2.24) is 0 Å². The third-order valence-corrected chi connectivity index (χ3v) is 9.75. The first-order valence-electron chi connectivity index (χ1n) is 12.6. The summed E-state index contributed by atoms with van der Waals surface area (Å²) in [5, 5.41) is 21.4. The molecule has 3 saturated carbocycles. The fourth-order valence-corrected chi connectivity index (χ4v) is 8.07. The predicted molar refractivity (Wildman–Crippen MR) is 123 cm³/mol. The van der Waals surface area contributed by atoms with Crippen molar-refractivity contribution < 1.29 is 33.7 Å². The molecule has 0 amide bonds. The zero-order valence-electron chi connectivity index (χ0n) is 20.6. The monoisotopic (exact) mass is 476 g/mol. The molecule has 4 rings (SSSR count). The first-order valence-corrected chi connectivity index (χ1v) is 12.6. The number of unbranched alkanes of at least 4 members (excludes halogenated alkanes) is 1. The summed E-state index contributed by atoms with van der Waals surface area (Å²) in [5.41, 5.74) is -5.11. The van der Waals surface area contributed by atoms with Crippen LogP contribution in [0.3, 0.4) is 0 Å². The van der Waals surface area contributed by atoms with Crippen LogP contribution in [-0.4, -0.2) is 51.7 Å². The van der Waals surface area contributed by atoms with Gasteiger partial charge in [-0.1, -0.05) is 38.8 Å². The highest BCUT2D eigenvalue weighted by Gasteiger charge is 2.77. The number of ketones is 2. The molecule has 6 nitrogen and oxygen atoms in total. The minimum atomic E-state index is -2.03. The molecule has 1 unspecified atom stereocenters. The number of carbonyl (C=O) groups is 3. The van der Waals surface area contributed by atoms with Crippen LogP contribution in [0.1, 0.15) is 72.6 Å². The van der Waals surface area contributed by atoms with E-state index in [1.165, 1.54) is 12.2 Å². The molecule has 0 bridgehead atoms. The van der Waals surface area contributed by atoms with Crippen molar-refractivity contribution in [1.29, 1.82) is 0 Å². The van der Waals surface area contributed by atoms with Gasteiger partial charge in [0.05, 0.1) is 6.10 Å². The maximum absolute atomic E-state index is 17.3. The molecule has 4 aliphatic carbocycles. The molecule has 8 atom stereocenters. The highest BCUT2D eigenvalue weighted by molar-refractivity contribution is 6.01. The molecule has 0 saturated heterocycles. The van der Waals surface area contributed by atoms with Crippen molar-refractivity contribution in [3.63, 3.8) is 0 Å². The number of ether oxygens (including phenoxy) is 1. The molecule has 188 valence electrons. The largest absolute Gasteiger partial charge is 0.450 e. The van der Waals surface area contributed by atoms with Crippen LogP contribution in [-0.2, 0) is 19.1 Å². The number of carbonyl (C=O) groups excluding carboxylic acids is 3. The Kier molecular flexibility index (Phi) is 6.21. The van der Waals surface area contributed by atoms with Gasteiger partial charge >= 0.3 is 5.97 Å². The topological polar surface area (TPSA) is 101 Å². The lowest BCUT2D eigenvalue weighted by atomic mass is 9.44. The maximum atomic E-state index is 17.3. The Morgan fingerprint density at radius 3 is 2.62 bits per heavy atom. The summed E-state index contributed by atoms with van der Waals surface area (Å²) in [6.45, 7) is 6.55. The van der Waals surface area contributed by atoms with Crippen LogP contribution in [0.2, 0.25) is 0 Å². The summed E-state index contributed by atoms with van der Waals surface area (Å²) >= 11 is 0. The quantitative estimate of drug-likeness (QED) is 0.568. The number of alkyl halides is 1. The molecule has 4 aliphatic rings. The molecule has 0 radical (unpaired) electrons. The molecule has 0 spiro atoms. The van der Waals surface area contributed by atoms with Gasteiger partial charge in [-0.2, -0.15) is 0 Å². The fourth-order valence-electron chi connectivity index (χ4n) is 8.07. The maximum Gasteiger partial charge on any atom is 0.306 e. The Morgan fingerprint density at radius 2 is 1.97 bits per heavy atom. The van der Waals surface area contributed by atoms with Gasteiger partial charge in [0.15, 0.2) is 17.1 Å². The first kappa shape index (κ1) is 25.2. The number of rotatable bonds is 6. The van der Waals surface area contributed by atoms with E-state index < -0.39 is 58.4 Å². The Labute approximate surface area is 200 Å². The molecule has 0 aliphatic heterocycles. The van der Waals surface area contributed by atoms with Crippen LogP contribution >= 0.6 is 0 Å². The molecule has 0 heterocycles. The average Bonchev–Trinajstić information content (AvgIpc) is 3.00. The van der Waals surface area contributed by atoms with Crippen molar-refractivity contribution in [2.45, 2.75) is 90.0 Å². The Morgan fingerprint density at radius 1 is 1.26 bits per heavy atom. The normalized spacial score (nSPS) is 45.1. The number of halogens is 1. The number of hydrogen-bond acceptors (Lipinski definition) is 6. The van der Waals surface area contributed by atoms with Gasteiger partial charge in [-0.25, -0.2) is 4.39 Å². The number of allylic oxidation sites excluding steroid dienone is 4. The van der Waals surface area contributed by atoms with E-state index in [0.717, 1.165) is 6.42 Å². The zero-order chi connectivity index (χ0) is 25.1. The third kappa shape index (κ3) is 3.08. The van der Waals surface area contributed by atoms with Gasteiger partial charge in [-0.3, -0.25) is 14.4 Å². The van der Waals surface area contributed by atoms with E-state index in [0.29, 0.717) is 31.3 Å². The minimum Gasteiger partial charge on any atom is -0.450 e. The van der Waals surface area contributed by atoms with Gasteiger partial charge in [0.25, 0.3) is 0 Å². The highest BCUT2D eigenvalue weighted by Crippen LogP contribution is 2.71. The first-order chi connectivity index (χ1) is 15.9. The van der Waals surface area contributed by atoms with Crippen molar-refractivity contribution >= 4 is 17.5 Å². The molecule has 3 fully saturated rings. The number of aliphatic hydroxyl groups excluding tert-OH is 2. The fraction of sp³-hybridized carbons (Fsp3) is 0.741. The second-order valence-electron chi connectivity index (χ2n) is 11.3. The predicted octanol–water partition coefficient (Wildman–Crippen LogP) is 3.64. The van der Waals surface area contributed by atoms with E-state index in [4.69, 9.17) is 4.74 Å². The summed E-state index contributed by atoms with van der Waals surface area (Å²) in [4.78, 5) is 38.1. The van der Waals surface area contributed by atoms with Crippen molar-refractivity contribution in [2.75, 3.05) is 6.61 Å². The van der Waals surface area contributed by atoms with E-state index in [9.17, 15) is 24.6 Å². The van der Waals surface area contributed by atoms with Crippen LogP contribution in [0.5, 0.6) is 0 Å². The lowest BCUT2D eigenvalue weighted by Crippen LogP contribution is -2.70. The Balaban J connectivity index is 1.80. The van der Waals surface area contributed by atoms with Crippen molar-refractivity contribution in [2.24, 2.45) is 28.6 Å². The lowest BCUT2D eigenvalue weighted by molar-refractivity contribution is -0.228. The molecular weight excluding hydrogens is 439 g/mol. The molecule has 0 aromatic rings. The smallest absolute Gasteiger partial charge is 0.306 e. The van der Waals surface area contributed by atoms with Gasteiger partial charge in [0.1, 0.15) is 6.61 Å². The SMILES string of the molecule is CCCCC(=O)O[C@]1(C(=O)CO)C(C)C[C@H]2[C@@H]3CCC4=CC(=O)C=C[C@]4(C)[C@@]3(F)[C@@H](O)C[C@@]21C. The average molecular weight is 477 g/mol. The Hall–Kier alpha value is -1.86. The molecule has 0 aromatic carbocycles. The van der Waals surface area contributed by atoms with E-state index in [1.54, 1.807) is 13.0 Å². The van der Waals surface area contributed by atoms with Crippen LogP contribution < -0.4 is 0 Å². The number of Topliss-reactive ketones (excluding diaryl/α,β-unsaturated/α-hetero) is 1. The van der Waals surface area contributed by atoms with Crippen molar-refractivity contribution in [3.05, 3.63) is 23.8 Å². The summed E-state index contributed by atoms with van der Waals surface area (Å²) in [6, 6.07) is 0. The van der Waals surface area contributed by atoms with Crippen LogP contribution in [0, 0.1) is 28.6 Å². The van der Waals surface area contributed by atoms with Gasteiger partial charge in [0, 0.05) is 29.1 Å². The second-order valence-corrected chi connectivity index (χ2v) is 11.3. The molecule has 7 heteroatoms. The molecule has 34 heavy (non-hydrogen) atoms. The number of hydrogen-bond donors (Lipinski definition) is 2. The molecule has 2 N–H and O–H groups in total. The highest BCUT2D eigenvalue weighted by atomic mass is 19.1. The standard InChI is InChI=1S/C27H37FO6/c1-5-6-7-23(33)34-27(22(32)15-29)16(2)12-20-19-9-8-17-13-18(30)10-11-24(17,3)26(19,28)21(31)14-25(20,27)4/h10-11,13,16,19-21,29,31H,5-9,12,14-15H2,1-4H3/t16?,19-,20-,21-,24-,25-,26-,27-/m0/s1. The number of esters is 1. The third-order valence-electron chi connectivity index (χ3n) is 9.75. The van der Waals surface area contributed by atoms with E-state index in [-0.39, 0.29) is 24.5 Å². The Bertz CT molecular complexity index is 957. The molecule has 0 aromatic heterocycles. The van der Waals surface area contributed by atoms with E-state index in [1.807, 2.05) is 20.8 Å².